The third kappa shape index (κ3) is 1.82. The zero-order valence-electron chi connectivity index (χ0n) is 8.46. The lowest BCUT2D eigenvalue weighted by Gasteiger charge is -2.15. The first kappa shape index (κ1) is 10.8. The van der Waals surface area contributed by atoms with E-state index in [1.54, 1.807) is 24.3 Å². The van der Waals surface area contributed by atoms with Crippen molar-refractivity contribution < 1.29 is 19.8 Å². The second-order valence-electron chi connectivity index (χ2n) is 3.76. The number of benzene rings is 1. The van der Waals surface area contributed by atoms with Crippen molar-refractivity contribution in [2.45, 2.75) is 18.8 Å². The molecule has 1 aliphatic heterocycles. The van der Waals surface area contributed by atoms with Crippen LogP contribution in [0.5, 0.6) is 0 Å². The molecule has 0 aliphatic carbocycles. The van der Waals surface area contributed by atoms with E-state index in [1.807, 2.05) is 6.07 Å². The average molecular weight is 221 g/mol. The first-order chi connectivity index (χ1) is 7.50. The highest BCUT2D eigenvalue weighted by Gasteiger charge is 2.49. The number of carbonyl (C=O) groups is 2. The van der Waals surface area contributed by atoms with Gasteiger partial charge in [0.05, 0.1) is 13.0 Å². The molecule has 0 aromatic heterocycles. The summed E-state index contributed by atoms with van der Waals surface area (Å²) < 4.78 is 0. The van der Waals surface area contributed by atoms with E-state index in [9.17, 15) is 19.8 Å². The Bertz CT molecular complexity index is 427. The first-order valence-corrected chi connectivity index (χ1v) is 4.84. The molecule has 84 valence electrons. The zero-order chi connectivity index (χ0) is 11.8. The second-order valence-corrected chi connectivity index (χ2v) is 3.76. The van der Waals surface area contributed by atoms with Crippen molar-refractivity contribution in [2.75, 3.05) is 0 Å². The summed E-state index contributed by atoms with van der Waals surface area (Å²) in [4.78, 5) is 23.7. The summed E-state index contributed by atoms with van der Waals surface area (Å²) in [7, 11) is 0. The molecule has 1 fully saturated rings. The molecule has 0 bridgehead atoms. The Morgan fingerprint density at radius 2 is 1.81 bits per heavy atom. The van der Waals surface area contributed by atoms with Gasteiger partial charge in [0, 0.05) is 0 Å². The van der Waals surface area contributed by atoms with Crippen molar-refractivity contribution in [3.63, 3.8) is 0 Å². The summed E-state index contributed by atoms with van der Waals surface area (Å²) >= 11 is 0. The minimum Gasteiger partial charge on any atom is -0.358 e. The molecular formula is C11H11NO4. The molecule has 0 atom stereocenters. The molecule has 5 heteroatoms. The van der Waals surface area contributed by atoms with Crippen LogP contribution in [0.1, 0.15) is 12.0 Å². The number of hydrogen-bond acceptors (Lipinski definition) is 4. The average Bonchev–Trinajstić information content (AvgIpc) is 2.42. The van der Waals surface area contributed by atoms with Crippen LogP contribution >= 0.6 is 0 Å². The third-order valence-corrected chi connectivity index (χ3v) is 2.47. The van der Waals surface area contributed by atoms with Crippen LogP contribution in [0.25, 0.3) is 0 Å². The maximum atomic E-state index is 11.4. The fourth-order valence-electron chi connectivity index (χ4n) is 1.64. The van der Waals surface area contributed by atoms with Crippen LogP contribution in [-0.2, 0) is 16.1 Å². The number of imide groups is 1. The van der Waals surface area contributed by atoms with Gasteiger partial charge in [0.25, 0.3) is 11.7 Å². The molecule has 1 aliphatic rings. The van der Waals surface area contributed by atoms with Crippen molar-refractivity contribution >= 4 is 11.8 Å². The van der Waals surface area contributed by atoms with E-state index in [0.717, 1.165) is 10.5 Å². The van der Waals surface area contributed by atoms with Gasteiger partial charge in [0.15, 0.2) is 0 Å². The lowest BCUT2D eigenvalue weighted by atomic mass is 10.2. The molecule has 0 saturated carbocycles. The monoisotopic (exact) mass is 221 g/mol. The molecule has 0 unspecified atom stereocenters. The number of nitrogens with zero attached hydrogens (tertiary/aromatic N) is 1. The Morgan fingerprint density at radius 3 is 2.31 bits per heavy atom. The van der Waals surface area contributed by atoms with Crippen LogP contribution in [0, 0.1) is 0 Å². The summed E-state index contributed by atoms with van der Waals surface area (Å²) in [6.07, 6.45) is -0.571. The van der Waals surface area contributed by atoms with Gasteiger partial charge in [-0.2, -0.15) is 0 Å². The van der Waals surface area contributed by atoms with Crippen molar-refractivity contribution in [1.82, 2.24) is 4.90 Å². The Hall–Kier alpha value is -1.72. The fourth-order valence-corrected chi connectivity index (χ4v) is 1.64. The molecule has 1 heterocycles. The first-order valence-electron chi connectivity index (χ1n) is 4.84. The van der Waals surface area contributed by atoms with E-state index in [4.69, 9.17) is 0 Å². The number of likely N-dealkylation sites (tertiary alicyclic amines) is 1. The number of aliphatic hydroxyl groups is 2. The molecule has 0 radical (unpaired) electrons. The summed E-state index contributed by atoms with van der Waals surface area (Å²) in [5.41, 5.74) is 0.766. The van der Waals surface area contributed by atoms with Gasteiger partial charge in [-0.1, -0.05) is 30.3 Å². The molecule has 0 spiro atoms. The second kappa shape index (κ2) is 3.70. The minimum atomic E-state index is -2.54. The van der Waals surface area contributed by atoms with E-state index < -0.39 is 24.0 Å². The highest BCUT2D eigenvalue weighted by molar-refractivity contribution is 6.06. The lowest BCUT2D eigenvalue weighted by Crippen LogP contribution is -2.39. The molecule has 5 nitrogen and oxygen atoms in total. The van der Waals surface area contributed by atoms with E-state index in [0.29, 0.717) is 0 Å². The van der Waals surface area contributed by atoms with Gasteiger partial charge in [-0.25, -0.2) is 0 Å². The van der Waals surface area contributed by atoms with Crippen LogP contribution in [-0.4, -0.2) is 32.7 Å². The fraction of sp³-hybridized carbons (Fsp3) is 0.273. The van der Waals surface area contributed by atoms with Gasteiger partial charge in [-0.15, -0.1) is 0 Å². The number of rotatable bonds is 2. The molecular weight excluding hydrogens is 210 g/mol. The normalized spacial score (nSPS) is 19.2. The third-order valence-electron chi connectivity index (χ3n) is 2.47. The Labute approximate surface area is 91.9 Å². The maximum Gasteiger partial charge on any atom is 0.289 e. The summed E-state index contributed by atoms with van der Waals surface area (Å²) in [6.45, 7) is 0.0708. The van der Waals surface area contributed by atoms with Crippen molar-refractivity contribution in [3.8, 4) is 0 Å². The highest BCUT2D eigenvalue weighted by Crippen LogP contribution is 2.23. The molecule has 2 rings (SSSR count). The predicted molar refractivity (Wildman–Crippen MR) is 53.8 cm³/mol. The smallest absolute Gasteiger partial charge is 0.289 e. The van der Waals surface area contributed by atoms with Gasteiger partial charge >= 0.3 is 0 Å². The molecule has 2 N–H and O–H groups in total. The highest BCUT2D eigenvalue weighted by atomic mass is 16.5. The van der Waals surface area contributed by atoms with Crippen molar-refractivity contribution in [3.05, 3.63) is 35.9 Å². The molecule has 1 saturated heterocycles. The zero-order valence-corrected chi connectivity index (χ0v) is 8.46. The van der Waals surface area contributed by atoms with E-state index in [1.165, 1.54) is 0 Å². The molecule has 1 aromatic rings. The van der Waals surface area contributed by atoms with Crippen LogP contribution < -0.4 is 0 Å². The van der Waals surface area contributed by atoms with E-state index in [2.05, 4.69) is 0 Å². The van der Waals surface area contributed by atoms with Gasteiger partial charge in [-0.3, -0.25) is 14.5 Å². The van der Waals surface area contributed by atoms with Crippen LogP contribution in [0.3, 0.4) is 0 Å². The summed E-state index contributed by atoms with van der Waals surface area (Å²) in [5.74, 6) is -4.06. The van der Waals surface area contributed by atoms with Crippen LogP contribution in [0.15, 0.2) is 30.3 Å². The van der Waals surface area contributed by atoms with Gasteiger partial charge in [-0.05, 0) is 5.56 Å². The quantitative estimate of drug-likeness (QED) is 0.527. The molecule has 1 aromatic carbocycles. The molecule has 2 amide bonds. The Morgan fingerprint density at radius 1 is 1.19 bits per heavy atom. The number of amides is 2. The number of carbonyl (C=O) groups excluding carboxylic acids is 2. The van der Waals surface area contributed by atoms with E-state index in [-0.39, 0.29) is 6.54 Å². The van der Waals surface area contributed by atoms with Crippen LogP contribution in [0.4, 0.5) is 0 Å². The van der Waals surface area contributed by atoms with Crippen molar-refractivity contribution in [1.29, 1.82) is 0 Å². The Balaban J connectivity index is 2.18. The standard InChI is InChI=1S/C11H11NO4/c13-9-6-11(15,16)10(14)12(9)7-8-4-2-1-3-5-8/h1-5,15-16H,6-7H2. The minimum absolute atomic E-state index is 0.0708. The summed E-state index contributed by atoms with van der Waals surface area (Å²) in [5, 5.41) is 18.5. The number of hydrogen-bond donors (Lipinski definition) is 2. The largest absolute Gasteiger partial charge is 0.358 e. The lowest BCUT2D eigenvalue weighted by molar-refractivity contribution is -0.182. The SMILES string of the molecule is O=C1CC(O)(O)C(=O)N1Cc1ccccc1. The predicted octanol–water partition coefficient (Wildman–Crippen LogP) is -0.374. The topological polar surface area (TPSA) is 77.8 Å². The summed E-state index contributed by atoms with van der Waals surface area (Å²) in [6, 6.07) is 8.90. The maximum absolute atomic E-state index is 11.4. The molecule has 16 heavy (non-hydrogen) atoms. The van der Waals surface area contributed by atoms with E-state index >= 15 is 0 Å². The van der Waals surface area contributed by atoms with Gasteiger partial charge < -0.3 is 10.2 Å². The van der Waals surface area contributed by atoms with Crippen LogP contribution in [0.2, 0.25) is 0 Å². The van der Waals surface area contributed by atoms with Gasteiger partial charge in [0.1, 0.15) is 0 Å². The van der Waals surface area contributed by atoms with Crippen molar-refractivity contribution in [2.24, 2.45) is 0 Å². The Kier molecular flexibility index (Phi) is 2.49. The van der Waals surface area contributed by atoms with Gasteiger partial charge in [0.2, 0.25) is 5.91 Å².